The van der Waals surface area contributed by atoms with Gasteiger partial charge in [0.1, 0.15) is 5.78 Å². The molecule has 2 saturated heterocycles. The van der Waals surface area contributed by atoms with E-state index >= 15 is 0 Å². The van der Waals surface area contributed by atoms with Gasteiger partial charge in [0.15, 0.2) is 0 Å². The summed E-state index contributed by atoms with van der Waals surface area (Å²) >= 11 is 0. The molecule has 1 saturated carbocycles. The van der Waals surface area contributed by atoms with E-state index in [0.29, 0.717) is 23.3 Å². The molecule has 96 valence electrons. The molecule has 0 aromatic rings. The molecule has 0 aromatic heterocycles. The third-order valence-electron chi connectivity index (χ3n) is 5.33. The molecular formula is C15H25NO. The van der Waals surface area contributed by atoms with Gasteiger partial charge in [-0.2, -0.15) is 0 Å². The second kappa shape index (κ2) is 4.08. The molecule has 3 rings (SSSR count). The molecule has 3 aliphatic rings. The van der Waals surface area contributed by atoms with Gasteiger partial charge in [-0.1, -0.05) is 13.8 Å². The number of Topliss-reactive ketones (excluding diaryl/α,β-unsaturated/α-hetero) is 1. The Kier molecular flexibility index (Phi) is 2.81. The zero-order valence-electron chi connectivity index (χ0n) is 11.2. The fraction of sp³-hybridized carbons (Fsp3) is 0.933. The van der Waals surface area contributed by atoms with E-state index in [0.717, 1.165) is 18.9 Å². The number of rotatable bonds is 1. The van der Waals surface area contributed by atoms with Crippen LogP contribution in [-0.2, 0) is 4.79 Å². The molecular weight excluding hydrogens is 210 g/mol. The quantitative estimate of drug-likeness (QED) is 0.696. The maximum atomic E-state index is 11.6. The van der Waals surface area contributed by atoms with Crippen molar-refractivity contribution >= 4 is 5.78 Å². The van der Waals surface area contributed by atoms with Crippen molar-refractivity contribution in [2.45, 2.75) is 83.3 Å². The molecule has 2 aliphatic heterocycles. The summed E-state index contributed by atoms with van der Waals surface area (Å²) in [7, 11) is 0. The minimum Gasteiger partial charge on any atom is -0.300 e. The van der Waals surface area contributed by atoms with E-state index < -0.39 is 0 Å². The van der Waals surface area contributed by atoms with Gasteiger partial charge in [0.2, 0.25) is 0 Å². The first-order valence-electron chi connectivity index (χ1n) is 7.34. The van der Waals surface area contributed by atoms with Gasteiger partial charge in [0.25, 0.3) is 0 Å². The Bertz CT molecular complexity index is 297. The molecule has 2 heteroatoms. The van der Waals surface area contributed by atoms with E-state index in [4.69, 9.17) is 0 Å². The van der Waals surface area contributed by atoms with Crippen molar-refractivity contribution < 1.29 is 4.79 Å². The lowest BCUT2D eigenvalue weighted by Crippen LogP contribution is -2.50. The van der Waals surface area contributed by atoms with Gasteiger partial charge >= 0.3 is 0 Å². The summed E-state index contributed by atoms with van der Waals surface area (Å²) < 4.78 is 0. The Labute approximate surface area is 105 Å². The van der Waals surface area contributed by atoms with Crippen molar-refractivity contribution in [2.24, 2.45) is 5.41 Å². The predicted octanol–water partition coefficient (Wildman–Crippen LogP) is 3.15. The van der Waals surface area contributed by atoms with Crippen LogP contribution in [0.3, 0.4) is 0 Å². The van der Waals surface area contributed by atoms with E-state index in [9.17, 15) is 4.79 Å². The Balaban J connectivity index is 1.68. The number of fused-ring (bicyclic) bond motifs is 2. The smallest absolute Gasteiger partial charge is 0.136 e. The lowest BCUT2D eigenvalue weighted by molar-refractivity contribution is -0.124. The van der Waals surface area contributed by atoms with Crippen molar-refractivity contribution in [2.75, 3.05) is 0 Å². The summed E-state index contributed by atoms with van der Waals surface area (Å²) in [6.07, 6.45) is 9.67. The topological polar surface area (TPSA) is 20.3 Å². The Morgan fingerprint density at radius 1 is 0.941 bits per heavy atom. The van der Waals surface area contributed by atoms with Gasteiger partial charge in [0.05, 0.1) is 0 Å². The standard InChI is InChI=1S/C15H25NO/c1-15(2)7-5-11(6-8-15)16-12-3-4-13(16)10-14(17)9-12/h11-13H,3-10H2,1-2H3. The average Bonchev–Trinajstić information content (AvgIpc) is 2.53. The van der Waals surface area contributed by atoms with Crippen molar-refractivity contribution in [1.82, 2.24) is 4.90 Å². The van der Waals surface area contributed by atoms with Crippen LogP contribution in [0, 0.1) is 5.41 Å². The first kappa shape index (κ1) is 11.7. The summed E-state index contributed by atoms with van der Waals surface area (Å²) in [6, 6.07) is 1.99. The summed E-state index contributed by atoms with van der Waals surface area (Å²) in [4.78, 5) is 14.4. The predicted molar refractivity (Wildman–Crippen MR) is 68.9 cm³/mol. The van der Waals surface area contributed by atoms with Crippen LogP contribution in [0.2, 0.25) is 0 Å². The molecule has 1 aliphatic carbocycles. The highest BCUT2D eigenvalue weighted by Gasteiger charge is 2.44. The van der Waals surface area contributed by atoms with Gasteiger partial charge in [0, 0.05) is 31.0 Å². The van der Waals surface area contributed by atoms with Crippen molar-refractivity contribution in [3.63, 3.8) is 0 Å². The molecule has 0 radical (unpaired) electrons. The first-order valence-corrected chi connectivity index (χ1v) is 7.34. The van der Waals surface area contributed by atoms with Crippen LogP contribution >= 0.6 is 0 Å². The van der Waals surface area contributed by atoms with Gasteiger partial charge < -0.3 is 0 Å². The van der Waals surface area contributed by atoms with Crippen molar-refractivity contribution in [3.8, 4) is 0 Å². The molecule has 0 N–H and O–H groups in total. The Morgan fingerprint density at radius 3 is 2.00 bits per heavy atom. The van der Waals surface area contributed by atoms with Crippen LogP contribution in [0.4, 0.5) is 0 Å². The van der Waals surface area contributed by atoms with Gasteiger partial charge in [-0.05, 0) is 43.9 Å². The molecule has 2 heterocycles. The fourth-order valence-electron chi connectivity index (χ4n) is 4.28. The van der Waals surface area contributed by atoms with E-state index in [1.54, 1.807) is 0 Å². The summed E-state index contributed by atoms with van der Waals surface area (Å²) in [6.45, 7) is 4.80. The highest BCUT2D eigenvalue weighted by atomic mass is 16.1. The van der Waals surface area contributed by atoms with Crippen molar-refractivity contribution in [3.05, 3.63) is 0 Å². The number of ketones is 1. The van der Waals surface area contributed by atoms with Crippen molar-refractivity contribution in [1.29, 1.82) is 0 Å². The number of nitrogens with zero attached hydrogens (tertiary/aromatic N) is 1. The maximum Gasteiger partial charge on any atom is 0.136 e. The summed E-state index contributed by atoms with van der Waals surface area (Å²) in [5.74, 6) is 0.518. The molecule has 0 spiro atoms. The van der Waals surface area contributed by atoms with Crippen LogP contribution in [0.15, 0.2) is 0 Å². The van der Waals surface area contributed by atoms with Crippen LogP contribution in [0.1, 0.15) is 65.2 Å². The van der Waals surface area contributed by atoms with Gasteiger partial charge in [-0.25, -0.2) is 0 Å². The zero-order chi connectivity index (χ0) is 12.0. The SMILES string of the molecule is CC1(C)CCC(N2C3CCC2CC(=O)C3)CC1. The van der Waals surface area contributed by atoms with Crippen LogP contribution < -0.4 is 0 Å². The molecule has 0 aromatic carbocycles. The third-order valence-corrected chi connectivity index (χ3v) is 5.33. The highest BCUT2D eigenvalue weighted by molar-refractivity contribution is 5.81. The maximum absolute atomic E-state index is 11.6. The number of piperidine rings is 1. The van der Waals surface area contributed by atoms with Crippen LogP contribution in [0.5, 0.6) is 0 Å². The zero-order valence-corrected chi connectivity index (χ0v) is 11.2. The molecule has 2 atom stereocenters. The second-order valence-electron chi connectivity index (χ2n) is 7.17. The minimum absolute atomic E-state index is 0.518. The van der Waals surface area contributed by atoms with E-state index in [1.165, 1.54) is 38.5 Å². The van der Waals surface area contributed by atoms with Crippen LogP contribution in [-0.4, -0.2) is 28.8 Å². The second-order valence-corrected chi connectivity index (χ2v) is 7.17. The molecule has 3 fully saturated rings. The lowest BCUT2D eigenvalue weighted by Gasteiger charge is -2.45. The third kappa shape index (κ3) is 2.16. The molecule has 2 nitrogen and oxygen atoms in total. The number of carbonyl (C=O) groups excluding carboxylic acids is 1. The minimum atomic E-state index is 0.518. The number of hydrogen-bond acceptors (Lipinski definition) is 2. The molecule has 2 unspecified atom stereocenters. The summed E-state index contributed by atoms with van der Waals surface area (Å²) in [5.41, 5.74) is 0.557. The largest absolute Gasteiger partial charge is 0.300 e. The van der Waals surface area contributed by atoms with Gasteiger partial charge in [-0.3, -0.25) is 9.69 Å². The van der Waals surface area contributed by atoms with E-state index in [1.807, 2.05) is 0 Å². The first-order chi connectivity index (χ1) is 8.05. The highest BCUT2D eigenvalue weighted by Crippen LogP contribution is 2.43. The normalized spacial score (nSPS) is 38.6. The number of hydrogen-bond donors (Lipinski definition) is 0. The molecule has 0 amide bonds. The molecule has 17 heavy (non-hydrogen) atoms. The monoisotopic (exact) mass is 235 g/mol. The van der Waals surface area contributed by atoms with Gasteiger partial charge in [-0.15, -0.1) is 0 Å². The Morgan fingerprint density at radius 2 is 1.47 bits per heavy atom. The Hall–Kier alpha value is -0.370. The lowest BCUT2D eigenvalue weighted by atomic mass is 9.74. The average molecular weight is 235 g/mol. The van der Waals surface area contributed by atoms with E-state index in [2.05, 4.69) is 18.7 Å². The molecule has 2 bridgehead atoms. The van der Waals surface area contributed by atoms with E-state index in [-0.39, 0.29) is 0 Å². The number of carbonyl (C=O) groups is 1. The van der Waals surface area contributed by atoms with Crippen LogP contribution in [0.25, 0.3) is 0 Å². The fourth-order valence-corrected chi connectivity index (χ4v) is 4.28. The summed E-state index contributed by atoms with van der Waals surface area (Å²) in [5, 5.41) is 0.